The van der Waals surface area contributed by atoms with Crippen molar-refractivity contribution in [1.29, 1.82) is 5.26 Å². The number of amides is 3. The fraction of sp³-hybridized carbons (Fsp3) is 0.438. The Morgan fingerprint density at radius 2 is 1.67 bits per heavy atom. The van der Waals surface area contributed by atoms with Gasteiger partial charge < -0.3 is 10.0 Å². The summed E-state index contributed by atoms with van der Waals surface area (Å²) < 4.78 is 42.4. The molecule has 0 aliphatic carbocycles. The number of ketones is 1. The maximum absolute atomic E-state index is 13.5. The predicted molar refractivity (Wildman–Crippen MR) is 159 cm³/mol. The highest BCUT2D eigenvalue weighted by Crippen LogP contribution is 2.38. The summed E-state index contributed by atoms with van der Waals surface area (Å²) in [6.07, 6.45) is 3.27. The lowest BCUT2D eigenvalue weighted by Crippen LogP contribution is -2.43. The lowest BCUT2D eigenvalue weighted by Gasteiger charge is -2.27. The molecule has 10 nitrogen and oxygen atoms in total. The summed E-state index contributed by atoms with van der Waals surface area (Å²) in [6.45, 7) is 3.45. The summed E-state index contributed by atoms with van der Waals surface area (Å²) in [5.74, 6) is -0.789. The van der Waals surface area contributed by atoms with E-state index in [2.05, 4.69) is 10.3 Å². The number of nitrogens with zero attached hydrogens (tertiary/aromatic N) is 6. The molecule has 1 aliphatic heterocycles. The summed E-state index contributed by atoms with van der Waals surface area (Å²) in [7, 11) is 0. The number of urea groups is 1. The zero-order valence-electron chi connectivity index (χ0n) is 25.2. The van der Waals surface area contributed by atoms with Crippen LogP contribution in [0.25, 0.3) is 11.3 Å². The maximum atomic E-state index is 13.5. The van der Waals surface area contributed by atoms with Crippen LogP contribution in [0, 0.1) is 11.3 Å². The van der Waals surface area contributed by atoms with Gasteiger partial charge in [-0.15, -0.1) is 5.10 Å². The van der Waals surface area contributed by atoms with E-state index in [0.717, 1.165) is 61.1 Å². The van der Waals surface area contributed by atoms with Gasteiger partial charge in [-0.2, -0.15) is 18.4 Å². The second-order valence-electron chi connectivity index (χ2n) is 11.5. The molecule has 1 aromatic heterocycles. The number of halogens is 3. The molecule has 0 atom stereocenters. The van der Waals surface area contributed by atoms with Crippen LogP contribution in [0.5, 0.6) is 0 Å². The first-order valence-electron chi connectivity index (χ1n) is 14.8. The fourth-order valence-corrected chi connectivity index (χ4v) is 5.22. The number of aliphatic hydroxyl groups excluding tert-OH is 1. The Hall–Kier alpha value is -4.57. The van der Waals surface area contributed by atoms with Crippen molar-refractivity contribution in [3.8, 4) is 17.3 Å². The molecule has 3 amide bonds. The van der Waals surface area contributed by atoms with Crippen molar-refractivity contribution in [3.63, 3.8) is 0 Å². The molecular formula is C32H35F3N6O4. The van der Waals surface area contributed by atoms with E-state index in [-0.39, 0.29) is 24.6 Å². The quantitative estimate of drug-likeness (QED) is 0.175. The summed E-state index contributed by atoms with van der Waals surface area (Å²) in [6, 6.07) is 10.8. The Labute approximate surface area is 259 Å². The predicted octanol–water partition coefficient (Wildman–Crippen LogP) is 5.88. The van der Waals surface area contributed by atoms with Crippen LogP contribution in [0.1, 0.15) is 75.5 Å². The van der Waals surface area contributed by atoms with Gasteiger partial charge in [0, 0.05) is 25.1 Å². The topological polar surface area (TPSA) is 132 Å². The average Bonchev–Trinajstić information content (AvgIpc) is 3.55. The molecule has 1 saturated heterocycles. The van der Waals surface area contributed by atoms with Gasteiger partial charge in [-0.1, -0.05) is 55.2 Å². The SMILES string of the molecule is CC1(C)C(=O)N(c2ccc(C#N)c(C(F)(F)F)c2)C(=O)N1Cc1ccc(-c2cn(CCCCCCCCC(=O)CO)nn2)cc1. The number of aromatic nitrogens is 3. The fourth-order valence-electron chi connectivity index (χ4n) is 5.22. The Bertz CT molecular complexity index is 1580. The maximum Gasteiger partial charge on any atom is 0.417 e. The van der Waals surface area contributed by atoms with E-state index >= 15 is 0 Å². The molecule has 1 fully saturated rings. The van der Waals surface area contributed by atoms with E-state index in [0.29, 0.717) is 30.3 Å². The van der Waals surface area contributed by atoms with Crippen molar-refractivity contribution >= 4 is 23.4 Å². The number of alkyl halides is 3. The molecule has 0 spiro atoms. The van der Waals surface area contributed by atoms with Crippen molar-refractivity contribution in [2.75, 3.05) is 11.5 Å². The Morgan fingerprint density at radius 1 is 1.00 bits per heavy atom. The molecule has 0 radical (unpaired) electrons. The molecular weight excluding hydrogens is 589 g/mol. The minimum absolute atomic E-state index is 0.0429. The largest absolute Gasteiger partial charge is 0.417 e. The van der Waals surface area contributed by atoms with Crippen molar-refractivity contribution in [3.05, 3.63) is 65.4 Å². The van der Waals surface area contributed by atoms with E-state index < -0.39 is 34.8 Å². The highest BCUT2D eigenvalue weighted by atomic mass is 19.4. The first kappa shape index (κ1) is 33.3. The lowest BCUT2D eigenvalue weighted by molar-refractivity contribution is -0.137. The van der Waals surface area contributed by atoms with Gasteiger partial charge in [0.15, 0.2) is 5.78 Å². The van der Waals surface area contributed by atoms with Gasteiger partial charge in [-0.25, -0.2) is 9.69 Å². The molecule has 13 heteroatoms. The van der Waals surface area contributed by atoms with Crippen LogP contribution < -0.4 is 4.90 Å². The third kappa shape index (κ3) is 7.75. The summed E-state index contributed by atoms with van der Waals surface area (Å²) >= 11 is 0. The summed E-state index contributed by atoms with van der Waals surface area (Å²) in [5, 5.41) is 26.3. The van der Waals surface area contributed by atoms with Crippen molar-refractivity contribution in [2.24, 2.45) is 0 Å². The molecule has 3 aromatic rings. The lowest BCUT2D eigenvalue weighted by atomic mass is 10.0. The van der Waals surface area contributed by atoms with Crippen LogP contribution in [0.2, 0.25) is 0 Å². The standard InChI is InChI=1S/C32H35F3N6O4/c1-31(2)29(44)41(25-15-14-24(18-36)27(17-25)32(33,34)35)30(45)40(31)19-22-10-12-23(13-11-22)28-20-39(38-37-28)16-8-6-4-3-5-7-9-26(43)21-42/h10-15,17,20,42H,3-9,16,19,21H2,1-2H3. The zero-order valence-corrected chi connectivity index (χ0v) is 25.2. The zero-order chi connectivity index (χ0) is 32.8. The van der Waals surface area contributed by atoms with Crippen molar-refractivity contribution < 1.29 is 32.7 Å². The number of imide groups is 1. The number of unbranched alkanes of at least 4 members (excludes halogenated alkanes) is 5. The first-order chi connectivity index (χ1) is 21.4. The summed E-state index contributed by atoms with van der Waals surface area (Å²) in [4.78, 5) is 39.8. The molecule has 1 N–H and O–H groups in total. The number of anilines is 1. The second-order valence-corrected chi connectivity index (χ2v) is 11.5. The molecule has 45 heavy (non-hydrogen) atoms. The van der Waals surface area contributed by atoms with E-state index in [1.807, 2.05) is 18.3 Å². The van der Waals surface area contributed by atoms with Gasteiger partial charge in [0.25, 0.3) is 5.91 Å². The van der Waals surface area contributed by atoms with Gasteiger partial charge in [0.2, 0.25) is 0 Å². The van der Waals surface area contributed by atoms with Gasteiger partial charge in [-0.3, -0.25) is 14.3 Å². The summed E-state index contributed by atoms with van der Waals surface area (Å²) in [5.41, 5.74) is -1.20. The first-order valence-corrected chi connectivity index (χ1v) is 14.8. The van der Waals surface area contributed by atoms with Gasteiger partial charge in [0.05, 0.1) is 29.1 Å². The van der Waals surface area contributed by atoms with Crippen LogP contribution >= 0.6 is 0 Å². The van der Waals surface area contributed by atoms with Crippen LogP contribution in [0.4, 0.5) is 23.7 Å². The second kappa shape index (κ2) is 14.0. The molecule has 0 unspecified atom stereocenters. The number of benzene rings is 2. The van der Waals surface area contributed by atoms with Crippen molar-refractivity contribution in [1.82, 2.24) is 19.9 Å². The van der Waals surface area contributed by atoms with Gasteiger partial charge in [0.1, 0.15) is 17.8 Å². The number of hydrogen-bond acceptors (Lipinski definition) is 7. The molecule has 4 rings (SSSR count). The van der Waals surface area contributed by atoms with Crippen LogP contribution in [0.15, 0.2) is 48.7 Å². The molecule has 0 bridgehead atoms. The third-order valence-electron chi connectivity index (χ3n) is 7.91. The van der Waals surface area contributed by atoms with E-state index in [4.69, 9.17) is 10.4 Å². The Morgan fingerprint density at radius 3 is 2.31 bits per heavy atom. The normalized spacial score (nSPS) is 14.7. The van der Waals surface area contributed by atoms with Crippen LogP contribution in [-0.4, -0.2) is 54.9 Å². The van der Waals surface area contributed by atoms with E-state index in [1.54, 1.807) is 16.8 Å². The van der Waals surface area contributed by atoms with E-state index in [9.17, 15) is 27.6 Å². The number of Topliss-reactive ketones (excluding diaryl/α,β-unsaturated/α-hetero) is 1. The number of hydrogen-bond donors (Lipinski definition) is 1. The van der Waals surface area contributed by atoms with Gasteiger partial charge >= 0.3 is 12.2 Å². The number of carbonyl (C=O) groups is 3. The minimum atomic E-state index is -4.83. The number of carbonyl (C=O) groups excluding carboxylic acids is 3. The monoisotopic (exact) mass is 624 g/mol. The number of rotatable bonds is 14. The molecule has 0 saturated carbocycles. The number of aliphatic hydroxyl groups is 1. The minimum Gasteiger partial charge on any atom is -0.389 e. The third-order valence-corrected chi connectivity index (χ3v) is 7.91. The molecule has 1 aliphatic rings. The number of aryl methyl sites for hydroxylation is 1. The molecule has 238 valence electrons. The molecule has 2 heterocycles. The van der Waals surface area contributed by atoms with Gasteiger partial charge in [-0.05, 0) is 50.5 Å². The van der Waals surface area contributed by atoms with Crippen molar-refractivity contribution in [2.45, 2.75) is 83.6 Å². The highest BCUT2D eigenvalue weighted by Gasteiger charge is 2.52. The molecule has 2 aromatic carbocycles. The van der Waals surface area contributed by atoms with Crippen LogP contribution in [-0.2, 0) is 28.9 Å². The average molecular weight is 625 g/mol. The van der Waals surface area contributed by atoms with E-state index in [1.165, 1.54) is 24.8 Å². The smallest absolute Gasteiger partial charge is 0.389 e. The van der Waals surface area contributed by atoms with Crippen LogP contribution in [0.3, 0.4) is 0 Å². The Balaban J connectivity index is 1.35. The highest BCUT2D eigenvalue weighted by molar-refractivity contribution is 6.23. The number of nitriles is 1. The Kier molecular flexibility index (Phi) is 10.4.